The molecule has 0 saturated carbocycles. The lowest BCUT2D eigenvalue weighted by Crippen LogP contribution is -2.26. The number of furan rings is 1. The second-order valence-corrected chi connectivity index (χ2v) is 6.43. The predicted octanol–water partition coefficient (Wildman–Crippen LogP) is 4.29. The van der Waals surface area contributed by atoms with E-state index >= 15 is 0 Å². The standard InChI is InChI=1S/C22H25NO5/c1-6-17-16(15-9-7-8-10-18(15)28-17)13-23(2)22(24)14-11-19(25-3)21(27-5)20(12-14)26-4/h7-12H,6,13H2,1-5H3. The maximum atomic E-state index is 13.1. The first-order valence-electron chi connectivity index (χ1n) is 9.08. The van der Waals surface area contributed by atoms with Crippen molar-refractivity contribution in [2.75, 3.05) is 28.4 Å². The van der Waals surface area contributed by atoms with Crippen LogP contribution in [0.15, 0.2) is 40.8 Å². The fourth-order valence-electron chi connectivity index (χ4n) is 3.34. The summed E-state index contributed by atoms with van der Waals surface area (Å²) in [6.07, 6.45) is 0.760. The van der Waals surface area contributed by atoms with E-state index in [0.717, 1.165) is 28.7 Å². The summed E-state index contributed by atoms with van der Waals surface area (Å²) in [6, 6.07) is 11.2. The van der Waals surface area contributed by atoms with Gasteiger partial charge in [0.2, 0.25) is 5.75 Å². The van der Waals surface area contributed by atoms with Gasteiger partial charge >= 0.3 is 0 Å². The number of methoxy groups -OCH3 is 3. The Morgan fingerprint density at radius 1 is 1.04 bits per heavy atom. The monoisotopic (exact) mass is 383 g/mol. The molecule has 28 heavy (non-hydrogen) atoms. The molecular weight excluding hydrogens is 358 g/mol. The Labute approximate surface area is 164 Å². The van der Waals surface area contributed by atoms with Crippen LogP contribution in [0.5, 0.6) is 17.2 Å². The highest BCUT2D eigenvalue weighted by atomic mass is 16.5. The molecule has 0 bridgehead atoms. The van der Waals surface area contributed by atoms with Crippen LogP contribution in [0.1, 0.15) is 28.6 Å². The highest BCUT2D eigenvalue weighted by Crippen LogP contribution is 2.38. The third-order valence-electron chi connectivity index (χ3n) is 4.76. The van der Waals surface area contributed by atoms with Gasteiger partial charge in [0.15, 0.2) is 11.5 Å². The van der Waals surface area contributed by atoms with Crippen molar-refractivity contribution >= 4 is 16.9 Å². The molecule has 1 heterocycles. The number of amides is 1. The van der Waals surface area contributed by atoms with E-state index in [-0.39, 0.29) is 5.91 Å². The molecule has 1 amide bonds. The van der Waals surface area contributed by atoms with Gasteiger partial charge in [-0.2, -0.15) is 0 Å². The lowest BCUT2D eigenvalue weighted by molar-refractivity contribution is 0.0784. The van der Waals surface area contributed by atoms with Gasteiger partial charge in [0, 0.05) is 36.5 Å². The SMILES string of the molecule is CCc1oc2ccccc2c1CN(C)C(=O)c1cc(OC)c(OC)c(OC)c1. The number of carbonyl (C=O) groups is 1. The Morgan fingerprint density at radius 3 is 2.25 bits per heavy atom. The number of fused-ring (bicyclic) bond motifs is 1. The molecule has 0 unspecified atom stereocenters. The number of rotatable bonds is 7. The maximum absolute atomic E-state index is 13.1. The van der Waals surface area contributed by atoms with Crippen LogP contribution in [0.4, 0.5) is 0 Å². The minimum Gasteiger partial charge on any atom is -0.493 e. The molecule has 6 heteroatoms. The highest BCUT2D eigenvalue weighted by Gasteiger charge is 2.21. The molecule has 0 radical (unpaired) electrons. The number of carbonyl (C=O) groups excluding carboxylic acids is 1. The van der Waals surface area contributed by atoms with Crippen LogP contribution in [0.3, 0.4) is 0 Å². The minimum absolute atomic E-state index is 0.147. The molecule has 0 aliphatic rings. The third kappa shape index (κ3) is 3.50. The van der Waals surface area contributed by atoms with Gasteiger partial charge in [0.05, 0.1) is 21.3 Å². The Balaban J connectivity index is 1.94. The van der Waals surface area contributed by atoms with Crippen LogP contribution < -0.4 is 14.2 Å². The number of para-hydroxylation sites is 1. The van der Waals surface area contributed by atoms with Crippen molar-refractivity contribution < 1.29 is 23.4 Å². The Hall–Kier alpha value is -3.15. The molecule has 0 fully saturated rings. The van der Waals surface area contributed by atoms with Gasteiger partial charge in [0.25, 0.3) is 5.91 Å². The van der Waals surface area contributed by atoms with E-state index in [9.17, 15) is 4.79 Å². The van der Waals surface area contributed by atoms with Gasteiger partial charge in [-0.1, -0.05) is 25.1 Å². The zero-order chi connectivity index (χ0) is 20.3. The van der Waals surface area contributed by atoms with Gasteiger partial charge in [-0.3, -0.25) is 4.79 Å². The molecule has 148 valence electrons. The summed E-state index contributed by atoms with van der Waals surface area (Å²) in [4.78, 5) is 14.7. The van der Waals surface area contributed by atoms with Gasteiger partial charge in [-0.25, -0.2) is 0 Å². The van der Waals surface area contributed by atoms with Gasteiger partial charge in [-0.05, 0) is 18.2 Å². The van der Waals surface area contributed by atoms with Crippen LogP contribution in [-0.4, -0.2) is 39.2 Å². The molecular formula is C22H25NO5. The van der Waals surface area contributed by atoms with Crippen molar-refractivity contribution in [3.05, 3.63) is 53.3 Å². The van der Waals surface area contributed by atoms with Crippen LogP contribution >= 0.6 is 0 Å². The Bertz CT molecular complexity index is 967. The summed E-state index contributed by atoms with van der Waals surface area (Å²) in [7, 11) is 6.36. The molecule has 0 N–H and O–H groups in total. The van der Waals surface area contributed by atoms with E-state index in [1.807, 2.05) is 31.2 Å². The molecule has 3 rings (SSSR count). The number of aryl methyl sites for hydroxylation is 1. The van der Waals surface area contributed by atoms with Crippen LogP contribution in [-0.2, 0) is 13.0 Å². The van der Waals surface area contributed by atoms with Gasteiger partial charge in [-0.15, -0.1) is 0 Å². The fraction of sp³-hybridized carbons (Fsp3) is 0.318. The maximum Gasteiger partial charge on any atom is 0.254 e. The Morgan fingerprint density at radius 2 is 1.68 bits per heavy atom. The summed E-state index contributed by atoms with van der Waals surface area (Å²) in [5, 5.41) is 1.03. The van der Waals surface area contributed by atoms with Crippen molar-refractivity contribution in [1.82, 2.24) is 4.90 Å². The van der Waals surface area contributed by atoms with Crippen molar-refractivity contribution in [3.63, 3.8) is 0 Å². The minimum atomic E-state index is -0.147. The van der Waals surface area contributed by atoms with Gasteiger partial charge < -0.3 is 23.5 Å². The zero-order valence-corrected chi connectivity index (χ0v) is 16.9. The smallest absolute Gasteiger partial charge is 0.254 e. The molecule has 0 atom stereocenters. The van der Waals surface area contributed by atoms with Crippen molar-refractivity contribution in [1.29, 1.82) is 0 Å². The third-order valence-corrected chi connectivity index (χ3v) is 4.76. The second-order valence-electron chi connectivity index (χ2n) is 6.43. The number of ether oxygens (including phenoxy) is 3. The van der Waals surface area contributed by atoms with E-state index in [4.69, 9.17) is 18.6 Å². The van der Waals surface area contributed by atoms with E-state index in [1.165, 1.54) is 21.3 Å². The normalized spacial score (nSPS) is 10.8. The molecule has 0 spiro atoms. The first kappa shape index (κ1) is 19.6. The Kier molecular flexibility index (Phi) is 5.78. The number of benzene rings is 2. The van der Waals surface area contributed by atoms with E-state index in [0.29, 0.717) is 29.4 Å². The first-order chi connectivity index (χ1) is 13.5. The molecule has 3 aromatic rings. The number of hydrogen-bond donors (Lipinski definition) is 0. The average Bonchev–Trinajstić information content (AvgIpc) is 3.09. The lowest BCUT2D eigenvalue weighted by Gasteiger charge is -2.19. The summed E-state index contributed by atoms with van der Waals surface area (Å²) < 4.78 is 22.0. The largest absolute Gasteiger partial charge is 0.493 e. The van der Waals surface area contributed by atoms with Crippen LogP contribution in [0.2, 0.25) is 0 Å². The quantitative estimate of drug-likeness (QED) is 0.609. The molecule has 0 aliphatic heterocycles. The second kappa shape index (κ2) is 8.25. The number of hydrogen-bond acceptors (Lipinski definition) is 5. The van der Waals surface area contributed by atoms with Crippen molar-refractivity contribution in [2.24, 2.45) is 0 Å². The molecule has 0 aliphatic carbocycles. The van der Waals surface area contributed by atoms with Crippen molar-refractivity contribution in [3.8, 4) is 17.2 Å². The number of nitrogens with zero attached hydrogens (tertiary/aromatic N) is 1. The van der Waals surface area contributed by atoms with Crippen LogP contribution in [0.25, 0.3) is 11.0 Å². The van der Waals surface area contributed by atoms with E-state index in [2.05, 4.69) is 0 Å². The predicted molar refractivity (Wildman–Crippen MR) is 107 cm³/mol. The first-order valence-corrected chi connectivity index (χ1v) is 9.08. The zero-order valence-electron chi connectivity index (χ0n) is 16.9. The lowest BCUT2D eigenvalue weighted by atomic mass is 10.1. The topological polar surface area (TPSA) is 61.1 Å². The fourth-order valence-corrected chi connectivity index (χ4v) is 3.34. The molecule has 6 nitrogen and oxygen atoms in total. The summed E-state index contributed by atoms with van der Waals surface area (Å²) >= 11 is 0. The van der Waals surface area contributed by atoms with Gasteiger partial charge in [0.1, 0.15) is 11.3 Å². The summed E-state index contributed by atoms with van der Waals surface area (Å²) in [6.45, 7) is 2.48. The highest BCUT2D eigenvalue weighted by molar-refractivity contribution is 5.96. The average molecular weight is 383 g/mol. The van der Waals surface area contributed by atoms with Crippen LogP contribution in [0, 0.1) is 0 Å². The molecule has 1 aromatic heterocycles. The van der Waals surface area contributed by atoms with Crippen molar-refractivity contribution in [2.45, 2.75) is 19.9 Å². The van der Waals surface area contributed by atoms with E-state index < -0.39 is 0 Å². The summed E-state index contributed by atoms with van der Waals surface area (Å²) in [5.41, 5.74) is 2.33. The summed E-state index contributed by atoms with van der Waals surface area (Å²) in [5.74, 6) is 2.10. The van der Waals surface area contributed by atoms with E-state index in [1.54, 1.807) is 24.1 Å². The molecule has 2 aromatic carbocycles. The molecule has 0 saturated heterocycles.